The van der Waals surface area contributed by atoms with Gasteiger partial charge in [0, 0.05) is 12.1 Å². The Kier molecular flexibility index (Phi) is 6.14. The molecule has 0 saturated carbocycles. The van der Waals surface area contributed by atoms with Crippen LogP contribution in [0.25, 0.3) is 0 Å². The lowest BCUT2D eigenvalue weighted by Crippen LogP contribution is -2.09. The third kappa shape index (κ3) is 5.10. The zero-order chi connectivity index (χ0) is 14.3. The highest BCUT2D eigenvalue weighted by molar-refractivity contribution is 6.32. The Labute approximate surface area is 120 Å². The first kappa shape index (κ1) is 15.8. The molecule has 0 aliphatic heterocycles. The molecule has 0 spiro atoms. The first-order chi connectivity index (χ1) is 9.00. The number of hydrogen-bond donors (Lipinski definition) is 1. The van der Waals surface area contributed by atoms with E-state index in [1.54, 1.807) is 6.07 Å². The van der Waals surface area contributed by atoms with Crippen molar-refractivity contribution in [3.8, 4) is 11.8 Å². The minimum Gasteiger partial charge on any atom is -0.492 e. The van der Waals surface area contributed by atoms with Crippen molar-refractivity contribution in [3.63, 3.8) is 0 Å². The van der Waals surface area contributed by atoms with Crippen LogP contribution in [-0.2, 0) is 6.54 Å². The fourth-order valence-corrected chi connectivity index (χ4v) is 2.02. The average molecular weight is 281 g/mol. The molecule has 1 aromatic carbocycles. The normalized spacial score (nSPS) is 11.1. The van der Waals surface area contributed by atoms with Crippen molar-refractivity contribution >= 4 is 11.6 Å². The molecule has 0 aliphatic rings. The second-order valence-electron chi connectivity index (χ2n) is 5.23. The number of halogens is 1. The molecule has 1 rings (SSSR count). The number of unbranched alkanes of at least 4 members (excludes halogenated alkanes) is 1. The quantitative estimate of drug-likeness (QED) is 0.771. The summed E-state index contributed by atoms with van der Waals surface area (Å²) in [6.45, 7) is 4.92. The highest BCUT2D eigenvalue weighted by Crippen LogP contribution is 2.29. The molecule has 0 saturated heterocycles. The van der Waals surface area contributed by atoms with E-state index in [0.717, 1.165) is 24.8 Å². The van der Waals surface area contributed by atoms with Crippen LogP contribution in [-0.4, -0.2) is 6.61 Å². The van der Waals surface area contributed by atoms with E-state index in [1.807, 2.05) is 26.0 Å². The summed E-state index contributed by atoms with van der Waals surface area (Å²) >= 11 is 6.09. The van der Waals surface area contributed by atoms with Crippen LogP contribution in [0.5, 0.6) is 5.75 Å². The number of nitriles is 1. The first-order valence-corrected chi connectivity index (χ1v) is 6.89. The summed E-state index contributed by atoms with van der Waals surface area (Å²) in [5.74, 6) is 0.686. The van der Waals surface area contributed by atoms with E-state index in [-0.39, 0.29) is 5.41 Å². The third-order valence-corrected chi connectivity index (χ3v) is 3.31. The van der Waals surface area contributed by atoms with Crippen LogP contribution in [0.2, 0.25) is 5.02 Å². The van der Waals surface area contributed by atoms with Crippen molar-refractivity contribution in [1.29, 1.82) is 5.26 Å². The van der Waals surface area contributed by atoms with E-state index in [4.69, 9.17) is 27.3 Å². The molecule has 3 nitrogen and oxygen atoms in total. The summed E-state index contributed by atoms with van der Waals surface area (Å²) in [5, 5.41) is 9.52. The molecule has 19 heavy (non-hydrogen) atoms. The van der Waals surface area contributed by atoms with E-state index >= 15 is 0 Å². The van der Waals surface area contributed by atoms with Gasteiger partial charge in [-0.3, -0.25) is 0 Å². The molecule has 2 N–H and O–H groups in total. The van der Waals surface area contributed by atoms with Crippen molar-refractivity contribution in [2.75, 3.05) is 6.61 Å². The lowest BCUT2D eigenvalue weighted by Gasteiger charge is -2.15. The molecule has 0 atom stereocenters. The molecular weight excluding hydrogens is 260 g/mol. The van der Waals surface area contributed by atoms with Crippen LogP contribution in [0.1, 0.15) is 38.7 Å². The van der Waals surface area contributed by atoms with Gasteiger partial charge in [0.2, 0.25) is 0 Å². The fraction of sp³-hybridized carbons (Fsp3) is 0.533. The zero-order valence-electron chi connectivity index (χ0n) is 11.6. The van der Waals surface area contributed by atoms with Crippen LogP contribution >= 0.6 is 11.6 Å². The molecule has 4 heteroatoms. The van der Waals surface area contributed by atoms with Crippen LogP contribution < -0.4 is 10.5 Å². The lowest BCUT2D eigenvalue weighted by atomic mass is 9.89. The largest absolute Gasteiger partial charge is 0.492 e. The molecule has 0 amide bonds. The van der Waals surface area contributed by atoms with Crippen LogP contribution in [0.3, 0.4) is 0 Å². The van der Waals surface area contributed by atoms with Crippen molar-refractivity contribution in [3.05, 3.63) is 28.8 Å². The van der Waals surface area contributed by atoms with Crippen molar-refractivity contribution in [2.24, 2.45) is 11.1 Å². The maximum absolute atomic E-state index is 8.92. The average Bonchev–Trinajstić information content (AvgIpc) is 2.39. The van der Waals surface area contributed by atoms with Gasteiger partial charge in [-0.15, -0.1) is 0 Å². The minimum atomic E-state index is -0.257. The second kappa shape index (κ2) is 7.37. The predicted octanol–water partition coefficient (Wildman–Crippen LogP) is 3.90. The molecule has 1 aromatic rings. The summed E-state index contributed by atoms with van der Waals surface area (Å²) < 4.78 is 5.71. The highest BCUT2D eigenvalue weighted by atomic mass is 35.5. The number of hydrogen-bond acceptors (Lipinski definition) is 3. The number of benzene rings is 1. The Morgan fingerprint density at radius 3 is 2.74 bits per heavy atom. The minimum absolute atomic E-state index is 0.257. The summed E-state index contributed by atoms with van der Waals surface area (Å²) in [5.41, 5.74) is 6.31. The fourth-order valence-electron chi connectivity index (χ4n) is 1.78. The van der Waals surface area contributed by atoms with Gasteiger partial charge in [0.1, 0.15) is 5.75 Å². The predicted molar refractivity (Wildman–Crippen MR) is 78.1 cm³/mol. The van der Waals surface area contributed by atoms with E-state index in [2.05, 4.69) is 6.07 Å². The second-order valence-corrected chi connectivity index (χ2v) is 5.64. The third-order valence-electron chi connectivity index (χ3n) is 3.01. The number of ether oxygens (including phenoxy) is 1. The Morgan fingerprint density at radius 2 is 2.11 bits per heavy atom. The SMILES string of the molecule is CC(C)(C#N)CCCCOc1c(Cl)cccc1CN. The van der Waals surface area contributed by atoms with Gasteiger partial charge in [-0.2, -0.15) is 5.26 Å². The summed E-state index contributed by atoms with van der Waals surface area (Å²) in [6.07, 6.45) is 2.74. The van der Waals surface area contributed by atoms with Crippen LogP contribution in [0.4, 0.5) is 0 Å². The van der Waals surface area contributed by atoms with Gasteiger partial charge in [0.15, 0.2) is 0 Å². The van der Waals surface area contributed by atoms with E-state index < -0.39 is 0 Å². The maximum atomic E-state index is 8.92. The van der Waals surface area contributed by atoms with Gasteiger partial charge >= 0.3 is 0 Å². The van der Waals surface area contributed by atoms with Crippen LogP contribution in [0.15, 0.2) is 18.2 Å². The molecule has 0 aromatic heterocycles. The van der Waals surface area contributed by atoms with Crippen molar-refractivity contribution < 1.29 is 4.74 Å². The van der Waals surface area contributed by atoms with E-state index in [9.17, 15) is 0 Å². The van der Waals surface area contributed by atoms with Crippen LogP contribution in [0, 0.1) is 16.7 Å². The molecule has 0 aliphatic carbocycles. The van der Waals surface area contributed by atoms with Gasteiger partial charge in [-0.25, -0.2) is 0 Å². The Bertz CT molecular complexity index is 452. The van der Waals surface area contributed by atoms with Gasteiger partial charge in [0.05, 0.1) is 23.1 Å². The molecule has 0 heterocycles. The number of para-hydroxylation sites is 1. The number of nitrogens with two attached hydrogens (primary N) is 1. The molecule has 0 bridgehead atoms. The van der Waals surface area contributed by atoms with Gasteiger partial charge in [-0.05, 0) is 39.2 Å². The number of rotatable bonds is 7. The standard InChI is InChI=1S/C15H21ClN2O/c1-15(2,11-18)8-3-4-9-19-14-12(10-17)6-5-7-13(14)16/h5-7H,3-4,8-10,17H2,1-2H3. The van der Waals surface area contributed by atoms with E-state index in [1.165, 1.54) is 0 Å². The Hall–Kier alpha value is -1.24. The topological polar surface area (TPSA) is 59.0 Å². The van der Waals surface area contributed by atoms with Gasteiger partial charge < -0.3 is 10.5 Å². The molecular formula is C15H21ClN2O. The smallest absolute Gasteiger partial charge is 0.142 e. The maximum Gasteiger partial charge on any atom is 0.142 e. The Morgan fingerprint density at radius 1 is 1.37 bits per heavy atom. The molecule has 0 radical (unpaired) electrons. The lowest BCUT2D eigenvalue weighted by molar-refractivity contribution is 0.292. The molecule has 0 unspecified atom stereocenters. The van der Waals surface area contributed by atoms with Gasteiger partial charge in [-0.1, -0.05) is 23.7 Å². The van der Waals surface area contributed by atoms with Gasteiger partial charge in [0.25, 0.3) is 0 Å². The Balaban J connectivity index is 2.40. The van der Waals surface area contributed by atoms with Crippen molar-refractivity contribution in [1.82, 2.24) is 0 Å². The van der Waals surface area contributed by atoms with Crippen molar-refractivity contribution in [2.45, 2.75) is 39.7 Å². The zero-order valence-corrected chi connectivity index (χ0v) is 12.3. The summed E-state index contributed by atoms with van der Waals surface area (Å²) in [7, 11) is 0. The summed E-state index contributed by atoms with van der Waals surface area (Å²) in [6, 6.07) is 7.88. The molecule has 104 valence electrons. The monoisotopic (exact) mass is 280 g/mol. The summed E-state index contributed by atoms with van der Waals surface area (Å²) in [4.78, 5) is 0. The highest BCUT2D eigenvalue weighted by Gasteiger charge is 2.15. The number of nitrogens with zero attached hydrogens (tertiary/aromatic N) is 1. The molecule has 0 fully saturated rings. The van der Waals surface area contributed by atoms with E-state index in [0.29, 0.717) is 23.9 Å². The first-order valence-electron chi connectivity index (χ1n) is 6.51.